The molecule has 3 heterocycles. The number of rotatable bonds is 4. The van der Waals surface area contributed by atoms with Crippen LogP contribution in [0, 0.1) is 0 Å². The number of nitrogens with one attached hydrogen (secondary N) is 1. The molecule has 1 aliphatic heterocycles. The van der Waals surface area contributed by atoms with Crippen molar-refractivity contribution in [1.82, 2.24) is 19.8 Å². The number of aryl methyl sites for hydroxylation is 2. The molecule has 0 saturated heterocycles. The fourth-order valence-electron chi connectivity index (χ4n) is 3.20. The lowest BCUT2D eigenvalue weighted by Gasteiger charge is -2.29. The number of carbonyl (C=O) groups excluding carboxylic acids is 1. The second-order valence-corrected chi connectivity index (χ2v) is 6.09. The predicted molar refractivity (Wildman–Crippen MR) is 95.8 cm³/mol. The van der Waals surface area contributed by atoms with E-state index in [0.717, 1.165) is 37.3 Å². The van der Waals surface area contributed by atoms with Crippen molar-refractivity contribution in [2.75, 3.05) is 23.3 Å². The summed E-state index contributed by atoms with van der Waals surface area (Å²) in [7, 11) is 0. The van der Waals surface area contributed by atoms with E-state index < -0.39 is 0 Å². The van der Waals surface area contributed by atoms with Crippen LogP contribution in [0.2, 0.25) is 0 Å². The van der Waals surface area contributed by atoms with Crippen molar-refractivity contribution in [1.29, 1.82) is 0 Å². The van der Waals surface area contributed by atoms with E-state index in [2.05, 4.69) is 26.7 Å². The van der Waals surface area contributed by atoms with Crippen molar-refractivity contribution >= 4 is 23.1 Å². The molecule has 25 heavy (non-hydrogen) atoms. The molecule has 0 saturated carbocycles. The Morgan fingerprint density at radius 1 is 1.20 bits per heavy atom. The molecule has 0 unspecified atom stereocenters. The molecule has 0 atom stereocenters. The highest BCUT2D eigenvalue weighted by Gasteiger charge is 2.21. The first-order chi connectivity index (χ1) is 12.3. The molecule has 3 aromatic rings. The average Bonchev–Trinajstić information content (AvgIpc) is 3.08. The minimum atomic E-state index is 0.0496. The number of fused-ring (bicyclic) bond motifs is 2. The molecule has 1 N–H and O–H groups in total. The van der Waals surface area contributed by atoms with Crippen LogP contribution in [-0.2, 0) is 17.6 Å². The maximum absolute atomic E-state index is 12.7. The van der Waals surface area contributed by atoms with Crippen LogP contribution in [-0.4, -0.2) is 38.8 Å². The van der Waals surface area contributed by atoms with Crippen molar-refractivity contribution in [2.45, 2.75) is 26.2 Å². The molecule has 4 rings (SSSR count). The third-order valence-electron chi connectivity index (χ3n) is 4.48. The Kier molecular flexibility index (Phi) is 4.05. The fraction of sp³-hybridized carbons (Fsp3) is 0.333. The van der Waals surface area contributed by atoms with Crippen LogP contribution in [0.15, 0.2) is 36.4 Å². The first kappa shape index (κ1) is 15.6. The van der Waals surface area contributed by atoms with Crippen molar-refractivity contribution in [3.05, 3.63) is 47.8 Å². The molecular formula is C18H20N6O. The molecule has 2 aromatic heterocycles. The summed E-state index contributed by atoms with van der Waals surface area (Å²) in [6, 6.07) is 11.8. The van der Waals surface area contributed by atoms with Crippen molar-refractivity contribution in [3.8, 4) is 0 Å². The Balaban J connectivity index is 1.49. The van der Waals surface area contributed by atoms with Gasteiger partial charge in [0.05, 0.1) is 6.54 Å². The van der Waals surface area contributed by atoms with Gasteiger partial charge in [-0.1, -0.05) is 25.1 Å². The first-order valence-corrected chi connectivity index (χ1v) is 8.59. The van der Waals surface area contributed by atoms with Crippen LogP contribution in [0.3, 0.4) is 0 Å². The van der Waals surface area contributed by atoms with Crippen molar-refractivity contribution < 1.29 is 4.79 Å². The Morgan fingerprint density at radius 3 is 2.96 bits per heavy atom. The van der Waals surface area contributed by atoms with Crippen LogP contribution in [0.25, 0.3) is 5.65 Å². The number of anilines is 2. The molecule has 1 aromatic carbocycles. The maximum Gasteiger partial charge on any atom is 0.246 e. The SMILES string of the molecule is CCc1nnc2ccc(NCC(=O)N3CCCc4ccccc43)nn12. The zero-order chi connectivity index (χ0) is 17.2. The molecule has 0 bridgehead atoms. The number of para-hydroxylation sites is 1. The van der Waals surface area contributed by atoms with E-state index in [1.807, 2.05) is 42.2 Å². The third-order valence-corrected chi connectivity index (χ3v) is 4.48. The molecule has 1 amide bonds. The summed E-state index contributed by atoms with van der Waals surface area (Å²) in [6.07, 6.45) is 2.77. The smallest absolute Gasteiger partial charge is 0.246 e. The summed E-state index contributed by atoms with van der Waals surface area (Å²) in [4.78, 5) is 14.5. The Labute approximate surface area is 145 Å². The summed E-state index contributed by atoms with van der Waals surface area (Å²) in [6.45, 7) is 2.97. The molecule has 7 heteroatoms. The topological polar surface area (TPSA) is 75.4 Å². The van der Waals surface area contributed by atoms with E-state index in [9.17, 15) is 4.79 Å². The van der Waals surface area contributed by atoms with Gasteiger partial charge in [-0.25, -0.2) is 0 Å². The zero-order valence-electron chi connectivity index (χ0n) is 14.1. The number of carbonyl (C=O) groups is 1. The lowest BCUT2D eigenvalue weighted by Crippen LogP contribution is -2.39. The molecule has 7 nitrogen and oxygen atoms in total. The van der Waals surface area contributed by atoms with Gasteiger partial charge in [-0.15, -0.1) is 15.3 Å². The van der Waals surface area contributed by atoms with Gasteiger partial charge in [0.15, 0.2) is 11.5 Å². The number of nitrogens with zero attached hydrogens (tertiary/aromatic N) is 5. The van der Waals surface area contributed by atoms with E-state index in [1.165, 1.54) is 5.56 Å². The van der Waals surface area contributed by atoms with Gasteiger partial charge in [0, 0.05) is 18.7 Å². The lowest BCUT2D eigenvalue weighted by atomic mass is 10.0. The molecule has 128 valence electrons. The van der Waals surface area contributed by atoms with Crippen LogP contribution < -0.4 is 10.2 Å². The molecular weight excluding hydrogens is 316 g/mol. The predicted octanol–water partition coefficient (Wildman–Crippen LogP) is 2.08. The average molecular weight is 336 g/mol. The molecule has 0 fully saturated rings. The van der Waals surface area contributed by atoms with E-state index in [0.29, 0.717) is 11.5 Å². The molecule has 0 aliphatic carbocycles. The summed E-state index contributed by atoms with van der Waals surface area (Å²) < 4.78 is 1.71. The highest BCUT2D eigenvalue weighted by Crippen LogP contribution is 2.26. The van der Waals surface area contributed by atoms with Crippen LogP contribution in [0.1, 0.15) is 24.7 Å². The lowest BCUT2D eigenvalue weighted by molar-refractivity contribution is -0.117. The number of benzene rings is 1. The summed E-state index contributed by atoms with van der Waals surface area (Å²) >= 11 is 0. The Morgan fingerprint density at radius 2 is 2.08 bits per heavy atom. The Hall–Kier alpha value is -2.96. The number of amides is 1. The largest absolute Gasteiger partial charge is 0.360 e. The normalized spacial score (nSPS) is 13.7. The van der Waals surface area contributed by atoms with Gasteiger partial charge >= 0.3 is 0 Å². The number of hydrogen-bond acceptors (Lipinski definition) is 5. The summed E-state index contributed by atoms with van der Waals surface area (Å²) in [5, 5.41) is 15.8. The second-order valence-electron chi connectivity index (χ2n) is 6.09. The quantitative estimate of drug-likeness (QED) is 0.789. The van der Waals surface area contributed by atoms with E-state index in [4.69, 9.17) is 0 Å². The van der Waals surface area contributed by atoms with Gasteiger partial charge < -0.3 is 10.2 Å². The number of hydrogen-bond donors (Lipinski definition) is 1. The van der Waals surface area contributed by atoms with Gasteiger partial charge in [-0.2, -0.15) is 4.52 Å². The minimum Gasteiger partial charge on any atom is -0.360 e. The van der Waals surface area contributed by atoms with Crippen LogP contribution in [0.4, 0.5) is 11.5 Å². The molecule has 1 aliphatic rings. The van der Waals surface area contributed by atoms with E-state index in [-0.39, 0.29) is 12.5 Å². The minimum absolute atomic E-state index is 0.0496. The van der Waals surface area contributed by atoms with E-state index >= 15 is 0 Å². The number of aromatic nitrogens is 4. The fourth-order valence-corrected chi connectivity index (χ4v) is 3.20. The standard InChI is InChI=1S/C18H20N6O/c1-2-16-20-21-17-10-9-15(22-24(16)17)19-12-18(25)23-11-5-7-13-6-3-4-8-14(13)23/h3-4,6,8-10H,2,5,7,11-12H2,1H3,(H,19,22). The van der Waals surface area contributed by atoms with Gasteiger partial charge in [-0.05, 0) is 36.6 Å². The van der Waals surface area contributed by atoms with Gasteiger partial charge in [-0.3, -0.25) is 4.79 Å². The highest BCUT2D eigenvalue weighted by molar-refractivity contribution is 5.97. The van der Waals surface area contributed by atoms with Gasteiger partial charge in [0.2, 0.25) is 5.91 Å². The summed E-state index contributed by atoms with van der Waals surface area (Å²) in [5.41, 5.74) is 2.97. The highest BCUT2D eigenvalue weighted by atomic mass is 16.2. The summed E-state index contributed by atoms with van der Waals surface area (Å²) in [5.74, 6) is 1.49. The van der Waals surface area contributed by atoms with E-state index in [1.54, 1.807) is 4.52 Å². The molecule has 0 spiro atoms. The van der Waals surface area contributed by atoms with Gasteiger partial charge in [0.25, 0.3) is 0 Å². The molecule has 0 radical (unpaired) electrons. The van der Waals surface area contributed by atoms with Crippen molar-refractivity contribution in [3.63, 3.8) is 0 Å². The monoisotopic (exact) mass is 336 g/mol. The zero-order valence-corrected chi connectivity index (χ0v) is 14.1. The van der Waals surface area contributed by atoms with Gasteiger partial charge in [0.1, 0.15) is 5.82 Å². The first-order valence-electron chi connectivity index (χ1n) is 8.59. The maximum atomic E-state index is 12.7. The van der Waals surface area contributed by atoms with Crippen molar-refractivity contribution in [2.24, 2.45) is 0 Å². The third kappa shape index (κ3) is 2.93. The second kappa shape index (κ2) is 6.51. The van der Waals surface area contributed by atoms with Crippen LogP contribution >= 0.6 is 0 Å². The van der Waals surface area contributed by atoms with Crippen LogP contribution in [0.5, 0.6) is 0 Å². The Bertz CT molecular complexity index is 919.